The van der Waals surface area contributed by atoms with Gasteiger partial charge in [-0.15, -0.1) is 0 Å². The lowest BCUT2D eigenvalue weighted by Crippen LogP contribution is -2.39. The summed E-state index contributed by atoms with van der Waals surface area (Å²) in [5.74, 6) is 2.41. The van der Waals surface area contributed by atoms with Gasteiger partial charge in [-0.1, -0.05) is 33.8 Å². The molecule has 0 heterocycles. The highest BCUT2D eigenvalue weighted by Crippen LogP contribution is 2.44. The van der Waals surface area contributed by atoms with Crippen molar-refractivity contribution in [2.75, 3.05) is 33.9 Å². The van der Waals surface area contributed by atoms with Crippen LogP contribution in [0.25, 0.3) is 0 Å². The second-order valence-corrected chi connectivity index (χ2v) is 10.1. The molecule has 0 aliphatic heterocycles. The van der Waals surface area contributed by atoms with Crippen LogP contribution in [-0.2, 0) is 16.6 Å². The van der Waals surface area contributed by atoms with Gasteiger partial charge >= 0.3 is 0 Å². The van der Waals surface area contributed by atoms with Crippen LogP contribution >= 0.6 is 0 Å². The highest BCUT2D eigenvalue weighted by Gasteiger charge is 2.33. The third-order valence-electron chi connectivity index (χ3n) is 7.50. The Bertz CT molecular complexity index is 673. The molecule has 31 heavy (non-hydrogen) atoms. The summed E-state index contributed by atoms with van der Waals surface area (Å²) >= 11 is 0. The molecule has 1 fully saturated rings. The average molecular weight is 434 g/mol. The highest BCUT2D eigenvalue weighted by molar-refractivity contribution is 5.53. The molecule has 2 rings (SSSR count). The van der Waals surface area contributed by atoms with Crippen molar-refractivity contribution in [3.8, 4) is 11.5 Å². The number of ether oxygens (including phenoxy) is 2. The van der Waals surface area contributed by atoms with E-state index < -0.39 is 0 Å². The molecule has 0 saturated heterocycles. The topological polar surface area (TPSA) is 41.9 Å². The minimum atomic E-state index is -0.0746. The van der Waals surface area contributed by atoms with Crippen molar-refractivity contribution in [2.24, 2.45) is 11.8 Å². The van der Waals surface area contributed by atoms with Crippen LogP contribution in [0.4, 0.5) is 0 Å². The maximum Gasteiger partial charge on any atom is 0.161 e. The van der Waals surface area contributed by atoms with E-state index in [2.05, 4.69) is 45.6 Å². The molecule has 0 amide bonds. The Kier molecular flexibility index (Phi) is 10.2. The van der Waals surface area contributed by atoms with E-state index >= 15 is 0 Å². The lowest BCUT2D eigenvalue weighted by atomic mass is 9.74. The van der Waals surface area contributed by atoms with Gasteiger partial charge in [-0.05, 0) is 87.3 Å². The van der Waals surface area contributed by atoms with E-state index in [0.717, 1.165) is 43.9 Å². The standard InChI is InChI=1S/C27H47NO3/c1-8-23-14-15-24(31-7)26(29)25(23)27(5,9-2)16-17-28(18-22-12-13-22)21(4)11-10-20(3)19-30-6/h14-15,20-22,29H,8-13,16-19H2,1-7H3/t20-,21?,27?/m0/s1. The van der Waals surface area contributed by atoms with Gasteiger partial charge in [0.2, 0.25) is 0 Å². The van der Waals surface area contributed by atoms with Gasteiger partial charge in [-0.25, -0.2) is 0 Å². The summed E-state index contributed by atoms with van der Waals surface area (Å²) in [5, 5.41) is 11.0. The number of rotatable bonds is 15. The fourth-order valence-electron chi connectivity index (χ4n) is 4.82. The molecule has 1 saturated carbocycles. The number of aromatic hydroxyl groups is 1. The second-order valence-electron chi connectivity index (χ2n) is 10.1. The molecule has 1 aromatic carbocycles. The number of methoxy groups -OCH3 is 2. The highest BCUT2D eigenvalue weighted by atomic mass is 16.5. The maximum absolute atomic E-state index is 11.0. The van der Waals surface area contributed by atoms with Crippen molar-refractivity contribution in [2.45, 2.75) is 91.0 Å². The molecule has 1 aliphatic carbocycles. The van der Waals surface area contributed by atoms with E-state index in [1.807, 2.05) is 6.07 Å². The Morgan fingerprint density at radius 2 is 1.87 bits per heavy atom. The minimum Gasteiger partial charge on any atom is -0.504 e. The minimum absolute atomic E-state index is 0.0746. The molecule has 2 unspecified atom stereocenters. The summed E-state index contributed by atoms with van der Waals surface area (Å²) in [6.07, 6.45) is 8.14. The van der Waals surface area contributed by atoms with Gasteiger partial charge in [0, 0.05) is 31.9 Å². The van der Waals surface area contributed by atoms with E-state index in [9.17, 15) is 5.11 Å². The summed E-state index contributed by atoms with van der Waals surface area (Å²) in [5.41, 5.74) is 2.25. The Morgan fingerprint density at radius 1 is 1.16 bits per heavy atom. The predicted octanol–water partition coefficient (Wildman–Crippen LogP) is 6.18. The quantitative estimate of drug-likeness (QED) is 0.358. The third-order valence-corrected chi connectivity index (χ3v) is 7.50. The number of nitrogens with zero attached hydrogens (tertiary/aromatic N) is 1. The number of hydrogen-bond donors (Lipinski definition) is 1. The van der Waals surface area contributed by atoms with Crippen LogP contribution in [0.3, 0.4) is 0 Å². The lowest BCUT2D eigenvalue weighted by molar-refractivity contribution is 0.135. The summed E-state index contributed by atoms with van der Waals surface area (Å²) in [4.78, 5) is 2.72. The zero-order chi connectivity index (χ0) is 23.0. The number of benzene rings is 1. The van der Waals surface area contributed by atoms with Crippen molar-refractivity contribution in [1.82, 2.24) is 4.90 Å². The fraction of sp³-hybridized carbons (Fsp3) is 0.778. The Hall–Kier alpha value is -1.26. The maximum atomic E-state index is 11.0. The van der Waals surface area contributed by atoms with Gasteiger partial charge in [0.25, 0.3) is 0 Å². The monoisotopic (exact) mass is 433 g/mol. The van der Waals surface area contributed by atoms with Gasteiger partial charge < -0.3 is 19.5 Å². The Labute approximate surface area is 191 Å². The number of aryl methyl sites for hydroxylation is 1. The van der Waals surface area contributed by atoms with Crippen molar-refractivity contribution < 1.29 is 14.6 Å². The van der Waals surface area contributed by atoms with Crippen molar-refractivity contribution in [1.29, 1.82) is 0 Å². The third kappa shape index (κ3) is 7.12. The molecule has 0 spiro atoms. The zero-order valence-electron chi connectivity index (χ0n) is 21.2. The lowest BCUT2D eigenvalue weighted by Gasteiger charge is -2.37. The van der Waals surface area contributed by atoms with Crippen molar-refractivity contribution >= 4 is 0 Å². The fourth-order valence-corrected chi connectivity index (χ4v) is 4.82. The Morgan fingerprint density at radius 3 is 2.42 bits per heavy atom. The van der Waals surface area contributed by atoms with E-state index in [1.165, 1.54) is 37.8 Å². The SMILES string of the molecule is CCc1ccc(OC)c(O)c1C(C)(CC)CCN(CC1CC1)C(C)CC[C@H](C)COC. The smallest absolute Gasteiger partial charge is 0.161 e. The molecule has 178 valence electrons. The van der Waals surface area contributed by atoms with Gasteiger partial charge in [0.15, 0.2) is 11.5 Å². The average Bonchev–Trinajstić information content (AvgIpc) is 3.58. The summed E-state index contributed by atoms with van der Waals surface area (Å²) < 4.78 is 10.8. The largest absolute Gasteiger partial charge is 0.504 e. The first-order chi connectivity index (χ1) is 14.8. The van der Waals surface area contributed by atoms with E-state index in [4.69, 9.17) is 9.47 Å². The van der Waals surface area contributed by atoms with E-state index in [1.54, 1.807) is 14.2 Å². The molecular weight excluding hydrogens is 386 g/mol. The van der Waals surface area contributed by atoms with Crippen molar-refractivity contribution in [3.05, 3.63) is 23.3 Å². The molecule has 4 nitrogen and oxygen atoms in total. The first kappa shape index (κ1) is 26.0. The normalized spacial score (nSPS) is 18.1. The molecule has 4 heteroatoms. The molecule has 1 aromatic rings. The van der Waals surface area contributed by atoms with E-state index in [0.29, 0.717) is 23.5 Å². The molecule has 1 aliphatic rings. The summed E-state index contributed by atoms with van der Waals surface area (Å²) in [6, 6.07) is 4.60. The molecule has 0 radical (unpaired) electrons. The van der Waals surface area contributed by atoms with Crippen LogP contribution in [0, 0.1) is 11.8 Å². The van der Waals surface area contributed by atoms with Crippen LogP contribution in [0.2, 0.25) is 0 Å². The number of hydrogen-bond acceptors (Lipinski definition) is 4. The van der Waals surface area contributed by atoms with Crippen molar-refractivity contribution in [3.63, 3.8) is 0 Å². The molecule has 1 N–H and O–H groups in total. The Balaban J connectivity index is 2.16. The first-order valence-corrected chi connectivity index (χ1v) is 12.4. The summed E-state index contributed by atoms with van der Waals surface area (Å²) in [7, 11) is 3.43. The van der Waals surface area contributed by atoms with Gasteiger partial charge in [-0.2, -0.15) is 0 Å². The zero-order valence-corrected chi connectivity index (χ0v) is 21.2. The number of phenolic OH excluding ortho intramolecular Hbond substituents is 1. The van der Waals surface area contributed by atoms with Crippen LogP contribution in [0.1, 0.15) is 84.3 Å². The molecule has 0 aromatic heterocycles. The molecular formula is C27H47NO3. The van der Waals surface area contributed by atoms with Crippen LogP contribution in [0.15, 0.2) is 12.1 Å². The van der Waals surface area contributed by atoms with Crippen LogP contribution in [-0.4, -0.2) is 50.0 Å². The first-order valence-electron chi connectivity index (χ1n) is 12.4. The van der Waals surface area contributed by atoms with Crippen LogP contribution < -0.4 is 4.74 Å². The van der Waals surface area contributed by atoms with Crippen LogP contribution in [0.5, 0.6) is 11.5 Å². The predicted molar refractivity (Wildman–Crippen MR) is 130 cm³/mol. The van der Waals surface area contributed by atoms with Gasteiger partial charge in [0.1, 0.15) is 0 Å². The molecule has 0 bridgehead atoms. The molecule has 3 atom stereocenters. The van der Waals surface area contributed by atoms with Gasteiger partial charge in [-0.3, -0.25) is 0 Å². The van der Waals surface area contributed by atoms with Gasteiger partial charge in [0.05, 0.1) is 7.11 Å². The number of phenols is 1. The second kappa shape index (κ2) is 12.1. The summed E-state index contributed by atoms with van der Waals surface area (Å²) in [6.45, 7) is 14.5. The van der Waals surface area contributed by atoms with E-state index in [-0.39, 0.29) is 5.41 Å².